The van der Waals surface area contributed by atoms with Crippen molar-refractivity contribution in [2.45, 2.75) is 26.9 Å². The number of nitrogens with zero attached hydrogens (tertiary/aromatic N) is 2. The van der Waals surface area contributed by atoms with Crippen molar-refractivity contribution in [3.63, 3.8) is 0 Å². The minimum absolute atomic E-state index is 0.0769. The molecule has 0 fully saturated rings. The maximum Gasteiger partial charge on any atom is 0.242 e. The summed E-state index contributed by atoms with van der Waals surface area (Å²) >= 11 is 0. The van der Waals surface area contributed by atoms with E-state index in [0.29, 0.717) is 13.1 Å². The van der Waals surface area contributed by atoms with Crippen LogP contribution in [0.5, 0.6) is 5.75 Å². The first-order valence-corrected chi connectivity index (χ1v) is 8.42. The van der Waals surface area contributed by atoms with Crippen LogP contribution in [0.1, 0.15) is 16.8 Å². The number of fused-ring (bicyclic) bond motifs is 1. The zero-order chi connectivity index (χ0) is 18.0. The molecule has 130 valence electrons. The van der Waals surface area contributed by atoms with Crippen LogP contribution in [0.25, 0.3) is 10.9 Å². The second kappa shape index (κ2) is 7.01. The number of hydrogen-bond acceptors (Lipinski definition) is 2. The van der Waals surface area contributed by atoms with Gasteiger partial charge in [0.2, 0.25) is 5.91 Å². The Morgan fingerprint density at radius 1 is 1.12 bits per heavy atom. The number of methoxy groups -OCH3 is 1. The molecule has 0 aliphatic carbocycles. The van der Waals surface area contributed by atoms with E-state index in [9.17, 15) is 4.79 Å². The zero-order valence-corrected chi connectivity index (χ0v) is 15.2. The van der Waals surface area contributed by atoms with Gasteiger partial charge >= 0.3 is 0 Å². The quantitative estimate of drug-likeness (QED) is 0.707. The fraction of sp³-hybridized carbons (Fsp3) is 0.286. The lowest BCUT2D eigenvalue weighted by molar-refractivity contribution is -0.131. The molecule has 1 aromatic heterocycles. The molecule has 0 bridgehead atoms. The Kier molecular flexibility index (Phi) is 4.79. The van der Waals surface area contributed by atoms with Crippen molar-refractivity contribution in [1.29, 1.82) is 0 Å². The Bertz CT molecular complexity index is 911. The highest BCUT2D eigenvalue weighted by atomic mass is 16.5. The average molecular weight is 336 g/mol. The van der Waals surface area contributed by atoms with Crippen molar-refractivity contribution in [2.75, 3.05) is 14.2 Å². The van der Waals surface area contributed by atoms with Crippen LogP contribution in [0.3, 0.4) is 0 Å². The smallest absolute Gasteiger partial charge is 0.242 e. The molecule has 0 aliphatic heterocycles. The van der Waals surface area contributed by atoms with Crippen LogP contribution in [0.2, 0.25) is 0 Å². The van der Waals surface area contributed by atoms with Crippen LogP contribution < -0.4 is 4.74 Å². The van der Waals surface area contributed by atoms with Gasteiger partial charge in [-0.15, -0.1) is 0 Å². The lowest BCUT2D eigenvalue weighted by atomic mass is 10.1. The Hall–Kier alpha value is -2.75. The molecule has 0 radical (unpaired) electrons. The molecule has 0 spiro atoms. The summed E-state index contributed by atoms with van der Waals surface area (Å²) in [5, 5.41) is 1.16. The number of benzene rings is 2. The Morgan fingerprint density at radius 2 is 1.88 bits per heavy atom. The Labute approximate surface area is 148 Å². The summed E-state index contributed by atoms with van der Waals surface area (Å²) in [5.41, 5.74) is 4.36. The molecule has 2 aromatic carbocycles. The van der Waals surface area contributed by atoms with Gasteiger partial charge in [0.15, 0.2) is 0 Å². The summed E-state index contributed by atoms with van der Waals surface area (Å²) < 4.78 is 7.49. The Morgan fingerprint density at radius 3 is 2.64 bits per heavy atom. The van der Waals surface area contributed by atoms with Crippen molar-refractivity contribution in [3.05, 3.63) is 65.4 Å². The lowest BCUT2D eigenvalue weighted by Crippen LogP contribution is -2.30. The molecule has 1 heterocycles. The van der Waals surface area contributed by atoms with E-state index in [2.05, 4.69) is 28.8 Å². The van der Waals surface area contributed by atoms with Gasteiger partial charge in [-0.25, -0.2) is 0 Å². The van der Waals surface area contributed by atoms with Crippen molar-refractivity contribution >= 4 is 16.8 Å². The number of likely N-dealkylation sites (N-methyl/N-ethyl adjacent to an activating group) is 1. The third kappa shape index (κ3) is 3.53. The van der Waals surface area contributed by atoms with Crippen LogP contribution >= 0.6 is 0 Å². The van der Waals surface area contributed by atoms with E-state index in [1.54, 1.807) is 12.0 Å². The summed E-state index contributed by atoms with van der Waals surface area (Å²) in [7, 11) is 3.50. The highest BCUT2D eigenvalue weighted by Crippen LogP contribution is 2.22. The highest BCUT2D eigenvalue weighted by Gasteiger charge is 2.15. The summed E-state index contributed by atoms with van der Waals surface area (Å²) in [6.07, 6.45) is 0. The molecule has 0 saturated carbocycles. The van der Waals surface area contributed by atoms with Crippen molar-refractivity contribution in [2.24, 2.45) is 0 Å². The topological polar surface area (TPSA) is 34.5 Å². The minimum atomic E-state index is 0.0769. The lowest BCUT2D eigenvalue weighted by Gasteiger charge is -2.20. The van der Waals surface area contributed by atoms with Gasteiger partial charge in [-0.05, 0) is 37.4 Å². The van der Waals surface area contributed by atoms with Gasteiger partial charge in [-0.1, -0.05) is 35.9 Å². The van der Waals surface area contributed by atoms with Gasteiger partial charge in [-0.2, -0.15) is 0 Å². The van der Waals surface area contributed by atoms with Crippen LogP contribution in [0.15, 0.2) is 48.5 Å². The number of aryl methyl sites for hydroxylation is 2. The number of rotatable bonds is 5. The molecule has 1 amide bonds. The SMILES string of the molecule is COc1ccc(C)cc1CN(C)C(=O)Cn1c(C)cc2ccccc21. The van der Waals surface area contributed by atoms with Crippen molar-refractivity contribution < 1.29 is 9.53 Å². The third-order valence-electron chi connectivity index (χ3n) is 4.58. The van der Waals surface area contributed by atoms with Crippen molar-refractivity contribution in [1.82, 2.24) is 9.47 Å². The van der Waals surface area contributed by atoms with E-state index >= 15 is 0 Å². The van der Waals surface area contributed by atoms with Gasteiger partial charge in [0.1, 0.15) is 12.3 Å². The molecule has 0 unspecified atom stereocenters. The summed E-state index contributed by atoms with van der Waals surface area (Å²) in [6, 6.07) is 16.3. The summed E-state index contributed by atoms with van der Waals surface area (Å²) in [5.74, 6) is 0.890. The van der Waals surface area contributed by atoms with Gasteiger partial charge in [-0.3, -0.25) is 4.79 Å². The van der Waals surface area contributed by atoms with E-state index in [-0.39, 0.29) is 5.91 Å². The molecule has 0 N–H and O–H groups in total. The number of carbonyl (C=O) groups excluding carboxylic acids is 1. The predicted octanol–water partition coefficient (Wildman–Crippen LogP) is 3.93. The molecule has 0 saturated heterocycles. The second-order valence-corrected chi connectivity index (χ2v) is 6.50. The number of amides is 1. The molecule has 4 nitrogen and oxygen atoms in total. The van der Waals surface area contributed by atoms with Gasteiger partial charge in [0.25, 0.3) is 0 Å². The van der Waals surface area contributed by atoms with Crippen LogP contribution in [-0.2, 0) is 17.9 Å². The maximum absolute atomic E-state index is 12.8. The fourth-order valence-corrected chi connectivity index (χ4v) is 3.19. The summed E-state index contributed by atoms with van der Waals surface area (Å²) in [4.78, 5) is 14.5. The van der Waals surface area contributed by atoms with Gasteiger partial charge in [0, 0.05) is 30.4 Å². The monoisotopic (exact) mass is 336 g/mol. The van der Waals surface area contributed by atoms with E-state index in [1.165, 1.54) is 0 Å². The molecule has 3 aromatic rings. The standard InChI is InChI=1S/C21H24N2O2/c1-15-9-10-20(25-4)18(11-15)13-22(3)21(24)14-23-16(2)12-17-7-5-6-8-19(17)23/h5-12H,13-14H2,1-4H3. The largest absolute Gasteiger partial charge is 0.496 e. The highest BCUT2D eigenvalue weighted by molar-refractivity contribution is 5.84. The third-order valence-corrected chi connectivity index (χ3v) is 4.58. The van der Waals surface area contributed by atoms with E-state index in [0.717, 1.165) is 33.5 Å². The van der Waals surface area contributed by atoms with Crippen LogP contribution in [0.4, 0.5) is 0 Å². The molecule has 0 atom stereocenters. The first-order chi connectivity index (χ1) is 12.0. The molecular formula is C21H24N2O2. The van der Waals surface area contributed by atoms with E-state index < -0.39 is 0 Å². The first kappa shape index (κ1) is 17.1. The Balaban J connectivity index is 1.79. The zero-order valence-electron chi connectivity index (χ0n) is 15.2. The number of hydrogen-bond donors (Lipinski definition) is 0. The second-order valence-electron chi connectivity index (χ2n) is 6.50. The average Bonchev–Trinajstić information content (AvgIpc) is 2.91. The maximum atomic E-state index is 12.8. The van der Waals surface area contributed by atoms with Crippen molar-refractivity contribution in [3.8, 4) is 5.75 Å². The predicted molar refractivity (Wildman–Crippen MR) is 101 cm³/mol. The molecular weight excluding hydrogens is 312 g/mol. The van der Waals surface area contributed by atoms with E-state index in [1.807, 2.05) is 45.2 Å². The van der Waals surface area contributed by atoms with Gasteiger partial charge < -0.3 is 14.2 Å². The molecule has 4 heteroatoms. The molecule has 0 aliphatic rings. The molecule has 25 heavy (non-hydrogen) atoms. The van der Waals surface area contributed by atoms with Gasteiger partial charge in [0.05, 0.1) is 7.11 Å². The van der Waals surface area contributed by atoms with E-state index in [4.69, 9.17) is 4.74 Å². The minimum Gasteiger partial charge on any atom is -0.496 e. The summed E-state index contributed by atoms with van der Waals surface area (Å²) in [6.45, 7) is 4.95. The number of carbonyl (C=O) groups is 1. The molecule has 3 rings (SSSR count). The fourth-order valence-electron chi connectivity index (χ4n) is 3.19. The normalized spacial score (nSPS) is 10.9. The number of para-hydroxylation sites is 1. The van der Waals surface area contributed by atoms with Crippen LogP contribution in [0, 0.1) is 13.8 Å². The number of aromatic nitrogens is 1. The number of ether oxygens (including phenoxy) is 1. The van der Waals surface area contributed by atoms with Crippen LogP contribution in [-0.4, -0.2) is 29.5 Å². The first-order valence-electron chi connectivity index (χ1n) is 8.42.